The summed E-state index contributed by atoms with van der Waals surface area (Å²) in [5, 5.41) is 13.3. The van der Waals surface area contributed by atoms with Gasteiger partial charge in [0, 0.05) is 19.6 Å². The molecule has 2 rings (SSSR count). The highest BCUT2D eigenvalue weighted by Crippen LogP contribution is 2.32. The van der Waals surface area contributed by atoms with Crippen molar-refractivity contribution < 1.29 is 9.90 Å². The summed E-state index contributed by atoms with van der Waals surface area (Å²) < 4.78 is 0. The summed E-state index contributed by atoms with van der Waals surface area (Å²) in [6, 6.07) is 0. The van der Waals surface area contributed by atoms with Crippen LogP contribution in [0.25, 0.3) is 0 Å². The van der Waals surface area contributed by atoms with Crippen molar-refractivity contribution in [3.8, 4) is 0 Å². The van der Waals surface area contributed by atoms with E-state index in [4.69, 9.17) is 0 Å². The van der Waals surface area contributed by atoms with Crippen LogP contribution in [-0.2, 0) is 4.79 Å². The van der Waals surface area contributed by atoms with Crippen LogP contribution in [0.1, 0.15) is 32.6 Å². The third-order valence-corrected chi connectivity index (χ3v) is 3.84. The lowest BCUT2D eigenvalue weighted by Crippen LogP contribution is -2.53. The normalized spacial score (nSPS) is 37.1. The monoisotopic (exact) mass is 226 g/mol. The standard InChI is InChI=1S/C12H22N2O2/c1-10-2-4-12(16,5-3-10)9-14-7-6-13-11(15)8-14/h10,16H,2-9H2,1H3,(H,13,15). The van der Waals surface area contributed by atoms with Gasteiger partial charge in [-0.1, -0.05) is 6.92 Å². The highest BCUT2D eigenvalue weighted by molar-refractivity contribution is 5.78. The average Bonchev–Trinajstić information content (AvgIpc) is 2.23. The van der Waals surface area contributed by atoms with Crippen LogP contribution in [0.4, 0.5) is 0 Å². The molecule has 0 spiro atoms. The van der Waals surface area contributed by atoms with Gasteiger partial charge in [0.15, 0.2) is 0 Å². The Labute approximate surface area is 97.0 Å². The Morgan fingerprint density at radius 3 is 2.81 bits per heavy atom. The number of aliphatic hydroxyl groups is 1. The summed E-state index contributed by atoms with van der Waals surface area (Å²) in [4.78, 5) is 13.3. The van der Waals surface area contributed by atoms with Gasteiger partial charge in [0.05, 0.1) is 12.1 Å². The van der Waals surface area contributed by atoms with Crippen molar-refractivity contribution in [2.75, 3.05) is 26.2 Å². The van der Waals surface area contributed by atoms with Gasteiger partial charge >= 0.3 is 0 Å². The first-order chi connectivity index (χ1) is 7.57. The van der Waals surface area contributed by atoms with E-state index in [-0.39, 0.29) is 5.91 Å². The number of hydrogen-bond donors (Lipinski definition) is 2. The van der Waals surface area contributed by atoms with Gasteiger partial charge in [-0.15, -0.1) is 0 Å². The molecule has 16 heavy (non-hydrogen) atoms. The Morgan fingerprint density at radius 1 is 1.50 bits per heavy atom. The number of β-amino-alcohol motifs (C(OH)–C–C–N with tert-alkyl or cyclic N) is 1. The van der Waals surface area contributed by atoms with Crippen molar-refractivity contribution in [2.24, 2.45) is 5.92 Å². The van der Waals surface area contributed by atoms with Gasteiger partial charge in [0.2, 0.25) is 5.91 Å². The first-order valence-corrected chi connectivity index (χ1v) is 6.29. The molecule has 1 amide bonds. The molecule has 4 heteroatoms. The van der Waals surface area contributed by atoms with Gasteiger partial charge in [0.25, 0.3) is 0 Å². The predicted molar refractivity (Wildman–Crippen MR) is 62.0 cm³/mol. The first-order valence-electron chi connectivity index (χ1n) is 6.29. The molecule has 0 bridgehead atoms. The van der Waals surface area contributed by atoms with Gasteiger partial charge in [-0.2, -0.15) is 0 Å². The number of piperazine rings is 1. The van der Waals surface area contributed by atoms with E-state index in [1.165, 1.54) is 0 Å². The molecule has 1 saturated carbocycles. The summed E-state index contributed by atoms with van der Waals surface area (Å²) >= 11 is 0. The minimum absolute atomic E-state index is 0.0824. The molecule has 2 aliphatic rings. The lowest BCUT2D eigenvalue weighted by atomic mass is 9.79. The fourth-order valence-electron chi connectivity index (χ4n) is 2.70. The molecule has 2 N–H and O–H groups in total. The van der Waals surface area contributed by atoms with E-state index in [1.807, 2.05) is 0 Å². The Balaban J connectivity index is 1.85. The number of nitrogens with zero attached hydrogens (tertiary/aromatic N) is 1. The topological polar surface area (TPSA) is 52.6 Å². The molecular weight excluding hydrogens is 204 g/mol. The summed E-state index contributed by atoms with van der Waals surface area (Å²) in [6.07, 6.45) is 3.98. The molecular formula is C12H22N2O2. The smallest absolute Gasteiger partial charge is 0.234 e. The van der Waals surface area contributed by atoms with Crippen molar-refractivity contribution in [3.63, 3.8) is 0 Å². The summed E-state index contributed by atoms with van der Waals surface area (Å²) in [5.74, 6) is 0.823. The lowest BCUT2D eigenvalue weighted by molar-refractivity contribution is -0.125. The Morgan fingerprint density at radius 2 is 2.19 bits per heavy atom. The molecule has 0 atom stereocenters. The van der Waals surface area contributed by atoms with Crippen molar-refractivity contribution in [1.29, 1.82) is 0 Å². The SMILES string of the molecule is CC1CCC(O)(CN2CCNC(=O)C2)CC1. The highest BCUT2D eigenvalue weighted by atomic mass is 16.3. The van der Waals surface area contributed by atoms with Gasteiger partial charge < -0.3 is 10.4 Å². The molecule has 0 aromatic rings. The molecule has 0 unspecified atom stereocenters. The molecule has 2 fully saturated rings. The number of rotatable bonds is 2. The second-order valence-corrected chi connectivity index (χ2v) is 5.47. The zero-order valence-electron chi connectivity index (χ0n) is 10.0. The van der Waals surface area contributed by atoms with Crippen LogP contribution in [0, 0.1) is 5.92 Å². The summed E-state index contributed by atoms with van der Waals surface area (Å²) in [6.45, 7) is 4.92. The van der Waals surface area contributed by atoms with Crippen LogP contribution in [0.5, 0.6) is 0 Å². The third-order valence-electron chi connectivity index (χ3n) is 3.84. The van der Waals surface area contributed by atoms with Crippen molar-refractivity contribution in [1.82, 2.24) is 10.2 Å². The second-order valence-electron chi connectivity index (χ2n) is 5.47. The maximum Gasteiger partial charge on any atom is 0.234 e. The van der Waals surface area contributed by atoms with E-state index in [0.717, 1.165) is 38.1 Å². The minimum atomic E-state index is -0.551. The van der Waals surface area contributed by atoms with Crippen LogP contribution in [0.2, 0.25) is 0 Å². The van der Waals surface area contributed by atoms with Gasteiger partial charge in [-0.05, 0) is 31.6 Å². The number of nitrogens with one attached hydrogen (secondary N) is 1. The van der Waals surface area contributed by atoms with Crippen LogP contribution < -0.4 is 5.32 Å². The van der Waals surface area contributed by atoms with Crippen molar-refractivity contribution in [3.05, 3.63) is 0 Å². The fourth-order valence-corrected chi connectivity index (χ4v) is 2.70. The Hall–Kier alpha value is -0.610. The van der Waals surface area contributed by atoms with Crippen molar-refractivity contribution in [2.45, 2.75) is 38.2 Å². The molecule has 1 heterocycles. The van der Waals surface area contributed by atoms with E-state index >= 15 is 0 Å². The van der Waals surface area contributed by atoms with E-state index < -0.39 is 5.60 Å². The highest BCUT2D eigenvalue weighted by Gasteiger charge is 2.34. The van der Waals surface area contributed by atoms with Gasteiger partial charge in [-0.3, -0.25) is 9.69 Å². The zero-order chi connectivity index (χ0) is 11.6. The Bertz CT molecular complexity index is 260. The minimum Gasteiger partial charge on any atom is -0.389 e. The molecule has 0 aromatic carbocycles. The Kier molecular flexibility index (Phi) is 3.50. The second kappa shape index (κ2) is 4.72. The third kappa shape index (κ3) is 2.95. The van der Waals surface area contributed by atoms with Crippen molar-refractivity contribution >= 4 is 5.91 Å². The largest absolute Gasteiger partial charge is 0.389 e. The molecule has 92 valence electrons. The number of carbonyl (C=O) groups is 1. The molecule has 1 aliphatic carbocycles. The van der Waals surface area contributed by atoms with Crippen LogP contribution >= 0.6 is 0 Å². The molecule has 1 aliphatic heterocycles. The van der Waals surface area contributed by atoms with E-state index in [1.54, 1.807) is 0 Å². The quantitative estimate of drug-likeness (QED) is 0.715. The van der Waals surface area contributed by atoms with E-state index in [9.17, 15) is 9.90 Å². The van der Waals surface area contributed by atoms with Gasteiger partial charge in [0.1, 0.15) is 0 Å². The van der Waals surface area contributed by atoms with Crippen LogP contribution in [-0.4, -0.2) is 47.7 Å². The number of carbonyl (C=O) groups excluding carboxylic acids is 1. The number of hydrogen-bond acceptors (Lipinski definition) is 3. The molecule has 1 saturated heterocycles. The van der Waals surface area contributed by atoms with Gasteiger partial charge in [-0.25, -0.2) is 0 Å². The maximum atomic E-state index is 11.2. The lowest BCUT2D eigenvalue weighted by Gasteiger charge is -2.39. The maximum absolute atomic E-state index is 11.2. The average molecular weight is 226 g/mol. The van der Waals surface area contributed by atoms with Crippen LogP contribution in [0.3, 0.4) is 0 Å². The zero-order valence-corrected chi connectivity index (χ0v) is 10.0. The fraction of sp³-hybridized carbons (Fsp3) is 0.917. The van der Waals surface area contributed by atoms with Crippen LogP contribution in [0.15, 0.2) is 0 Å². The van der Waals surface area contributed by atoms with E-state index in [2.05, 4.69) is 17.1 Å². The number of amides is 1. The summed E-state index contributed by atoms with van der Waals surface area (Å²) in [7, 11) is 0. The molecule has 0 radical (unpaired) electrons. The molecule has 4 nitrogen and oxygen atoms in total. The molecule has 0 aromatic heterocycles. The summed E-state index contributed by atoms with van der Waals surface area (Å²) in [5.41, 5.74) is -0.551. The van der Waals surface area contributed by atoms with E-state index in [0.29, 0.717) is 19.6 Å². The predicted octanol–water partition coefficient (Wildman–Crippen LogP) is 0.359. The first kappa shape index (κ1) is 11.9.